The number of carbonyl (C=O) groups is 2. The molecule has 15 rings (SSSR count). The normalized spacial score (nSPS) is 18.4. The molecule has 4 aromatic carbocycles. The van der Waals surface area contributed by atoms with Crippen molar-refractivity contribution in [1.29, 1.82) is 15.8 Å². The first kappa shape index (κ1) is 62.6. The van der Waals surface area contributed by atoms with E-state index in [1.54, 1.807) is 89.0 Å². The van der Waals surface area contributed by atoms with E-state index in [4.69, 9.17) is 14.8 Å². The van der Waals surface area contributed by atoms with Crippen LogP contribution < -0.4 is 20.4 Å². The van der Waals surface area contributed by atoms with Gasteiger partial charge in [-0.25, -0.2) is 14.5 Å². The molecule has 3 aliphatic carbocycles. The summed E-state index contributed by atoms with van der Waals surface area (Å²) < 4.78 is 93.8. The highest BCUT2D eigenvalue weighted by Gasteiger charge is 2.52. The number of pyridine rings is 2. The van der Waals surface area contributed by atoms with Gasteiger partial charge in [-0.1, -0.05) is 18.7 Å². The number of halogens is 6. The summed E-state index contributed by atoms with van der Waals surface area (Å²) >= 11 is 0. The van der Waals surface area contributed by atoms with Crippen LogP contribution in [0.4, 0.5) is 49.6 Å². The second-order valence-corrected chi connectivity index (χ2v) is 28.0. The first-order valence-electron chi connectivity index (χ1n) is 32.1. The molecule has 7 aliphatic rings. The van der Waals surface area contributed by atoms with E-state index < -0.39 is 59.5 Å². The van der Waals surface area contributed by atoms with Crippen LogP contribution in [0.3, 0.4) is 0 Å². The van der Waals surface area contributed by atoms with Gasteiger partial charge in [-0.3, -0.25) is 29.2 Å². The molecule has 0 bridgehead atoms. The number of likely N-dealkylation sites (tertiary alicyclic amines) is 2. The summed E-state index contributed by atoms with van der Waals surface area (Å²) in [4.78, 5) is 50.5. The fraction of sp³-hybridized carbons (Fsp3) is 0.380. The van der Waals surface area contributed by atoms with E-state index in [-0.39, 0.29) is 88.7 Å². The van der Waals surface area contributed by atoms with Crippen LogP contribution in [0.1, 0.15) is 137 Å². The Morgan fingerprint density at radius 3 is 1.57 bits per heavy atom. The summed E-state index contributed by atoms with van der Waals surface area (Å²) in [6.45, 7) is 6.96. The van der Waals surface area contributed by atoms with Crippen molar-refractivity contribution >= 4 is 35.1 Å². The maximum Gasteiger partial charge on any atom is 0.416 e. The van der Waals surface area contributed by atoms with Crippen LogP contribution in [-0.2, 0) is 52.2 Å². The standard InChI is InChI=1S/C71H63F6N18O2/c1-66(2)16-19-91(36-66)32-44-22-52-54(56(24-44)70(72,73)74)34-94(64(52)96)60-28-46(50-20-42(30-79)4-6-48(50)62-88-82-40-90(62)3)26-59(85-60)87-69(12-13-69)15-18-81-39-93-41-83-89-63(93)49-7-5-43(31-80)21-51(49)47-27-58(86-68(10-11-68)14-17-78)84-61(29-47)95-35-55-53(65(95)97)23-45(25-57(55)71(75,76)77)33-92-37-67(38-92)8-9-67/h4-7,20-29,40-41H,8-16,19,32-39H2,1-3H3,(H,84,86)(H,85,87)/q+1. The Morgan fingerprint density at radius 2 is 1.09 bits per heavy atom. The lowest BCUT2D eigenvalue weighted by atomic mass is 9.93. The second kappa shape index (κ2) is 23.1. The van der Waals surface area contributed by atoms with Crippen molar-refractivity contribution in [2.75, 3.05) is 46.6 Å². The van der Waals surface area contributed by atoms with Gasteiger partial charge in [-0.2, -0.15) is 42.1 Å². The van der Waals surface area contributed by atoms with Gasteiger partial charge in [-0.15, -0.1) is 20.4 Å². The van der Waals surface area contributed by atoms with Crippen molar-refractivity contribution in [2.24, 2.45) is 17.9 Å². The minimum absolute atomic E-state index is 0.00157. The molecule has 490 valence electrons. The molecule has 1 spiro atoms. The summed E-state index contributed by atoms with van der Waals surface area (Å²) in [5.41, 5.74) is 1.21. The minimum Gasteiger partial charge on any atom is -0.364 e. The van der Waals surface area contributed by atoms with Crippen molar-refractivity contribution < 1.29 is 35.9 Å². The Morgan fingerprint density at radius 1 is 0.577 bits per heavy atom. The van der Waals surface area contributed by atoms with Crippen LogP contribution in [0, 0.1) is 50.9 Å². The highest BCUT2D eigenvalue weighted by Crippen LogP contribution is 2.54. The monoisotopic (exact) mass is 1310 g/mol. The molecule has 2 N–H and O–H groups in total. The van der Waals surface area contributed by atoms with Crippen molar-refractivity contribution in [3.8, 4) is 69.3 Å². The maximum atomic E-state index is 15.1. The predicted molar refractivity (Wildman–Crippen MR) is 346 cm³/mol. The third-order valence-electron chi connectivity index (χ3n) is 20.0. The van der Waals surface area contributed by atoms with Gasteiger partial charge < -0.3 is 15.2 Å². The lowest BCUT2D eigenvalue weighted by molar-refractivity contribution is -0.139. The van der Waals surface area contributed by atoms with E-state index in [0.29, 0.717) is 106 Å². The van der Waals surface area contributed by atoms with Gasteiger partial charge in [0.05, 0.1) is 71.0 Å². The average molecular weight is 1310 g/mol. The van der Waals surface area contributed by atoms with E-state index in [9.17, 15) is 25.4 Å². The SMILES string of the molecule is Cn1cnnc1-c1ccc(C#N)cc1-c1cc(NC2(CC#[N+]Cn3cnnc3-c3ccc(C#N)cc3-c3cc(NC4(CC#N)CC4)nc(N4Cc5c(cc(CN6CC7(CC7)C6)cc5C(F)(F)F)C4=O)c3)CC2)nc(N2Cc3c(cc(CN4CCC(C)(C)C4)cc3C(F)(F)F)C2=O)c1. The third kappa shape index (κ3) is 12.1. The molecule has 2 saturated heterocycles. The first-order chi connectivity index (χ1) is 46.4. The molecule has 8 aromatic rings. The maximum absolute atomic E-state index is 15.1. The van der Waals surface area contributed by atoms with Crippen LogP contribution in [0.5, 0.6) is 0 Å². The molecule has 0 unspecified atom stereocenters. The number of hydrogen-bond acceptors (Lipinski definition) is 15. The summed E-state index contributed by atoms with van der Waals surface area (Å²) in [5.74, 6) is 0.199. The number of nitrogens with one attached hydrogen (secondary N) is 2. The fourth-order valence-electron chi connectivity index (χ4n) is 14.3. The molecule has 2 amide bonds. The smallest absolute Gasteiger partial charge is 0.364 e. The molecular weight excluding hydrogens is 1250 g/mol. The Balaban J connectivity index is 0.729. The Bertz CT molecular complexity index is 4800. The van der Waals surface area contributed by atoms with Crippen molar-refractivity contribution in [1.82, 2.24) is 49.3 Å². The lowest BCUT2D eigenvalue weighted by Gasteiger charge is -2.40. The number of rotatable bonds is 17. The molecule has 4 aliphatic heterocycles. The molecule has 4 aromatic heterocycles. The summed E-state index contributed by atoms with van der Waals surface area (Å²) in [6, 6.07) is 32.0. The van der Waals surface area contributed by atoms with E-state index in [2.05, 4.69) is 79.0 Å². The lowest BCUT2D eigenvalue weighted by Crippen LogP contribution is -2.47. The van der Waals surface area contributed by atoms with Gasteiger partial charge in [0.2, 0.25) is 0 Å². The van der Waals surface area contributed by atoms with E-state index in [0.717, 1.165) is 44.5 Å². The van der Waals surface area contributed by atoms with Gasteiger partial charge in [0.1, 0.15) is 42.3 Å². The van der Waals surface area contributed by atoms with Crippen LogP contribution in [0.25, 0.3) is 49.9 Å². The highest BCUT2D eigenvalue weighted by molar-refractivity contribution is 6.11. The zero-order chi connectivity index (χ0) is 67.6. The molecule has 0 radical (unpaired) electrons. The quantitative estimate of drug-likeness (QED) is 0.0807. The zero-order valence-corrected chi connectivity index (χ0v) is 53.2. The van der Waals surface area contributed by atoms with Crippen LogP contribution in [-0.4, -0.2) is 98.4 Å². The number of hydrogen-bond donors (Lipinski definition) is 2. The van der Waals surface area contributed by atoms with Gasteiger partial charge in [0.25, 0.3) is 17.9 Å². The molecule has 20 nitrogen and oxygen atoms in total. The van der Waals surface area contributed by atoms with Gasteiger partial charge in [0, 0.05) is 62.0 Å². The molecule has 8 heterocycles. The number of amides is 2. The number of fused-ring (bicyclic) bond motifs is 2. The van der Waals surface area contributed by atoms with Crippen molar-refractivity contribution in [2.45, 2.75) is 128 Å². The number of anilines is 4. The number of carbonyl (C=O) groups excluding carboxylic acids is 2. The molecule has 26 heteroatoms. The van der Waals surface area contributed by atoms with Crippen LogP contribution in [0.15, 0.2) is 97.6 Å². The summed E-state index contributed by atoms with van der Waals surface area (Å²) in [7, 11) is 1.77. The van der Waals surface area contributed by atoms with E-state index >= 15 is 26.3 Å². The van der Waals surface area contributed by atoms with Gasteiger partial charge in [0.15, 0.2) is 11.6 Å². The third-order valence-corrected chi connectivity index (χ3v) is 20.0. The van der Waals surface area contributed by atoms with E-state index in [1.165, 1.54) is 22.5 Å². The molecule has 0 atom stereocenters. The number of aromatic nitrogens is 8. The Kier molecular flexibility index (Phi) is 14.9. The predicted octanol–water partition coefficient (Wildman–Crippen LogP) is 13.0. The zero-order valence-electron chi connectivity index (χ0n) is 53.2. The van der Waals surface area contributed by atoms with Crippen molar-refractivity contribution in [3.63, 3.8) is 0 Å². The fourth-order valence-corrected chi connectivity index (χ4v) is 14.3. The molecule has 3 saturated carbocycles. The molecule has 5 fully saturated rings. The first-order valence-corrected chi connectivity index (χ1v) is 32.1. The highest BCUT2D eigenvalue weighted by atomic mass is 19.4. The number of nitriles is 3. The van der Waals surface area contributed by atoms with E-state index in [1.807, 2.05) is 0 Å². The molecule has 97 heavy (non-hydrogen) atoms. The Labute approximate surface area is 553 Å². The number of aryl methyl sites for hydroxylation is 1. The second-order valence-electron chi connectivity index (χ2n) is 28.0. The number of nitrogens with zero attached hydrogens (tertiary/aromatic N) is 16. The number of alkyl halides is 6. The van der Waals surface area contributed by atoms with Crippen molar-refractivity contribution in [3.05, 3.63) is 158 Å². The van der Waals surface area contributed by atoms with Crippen LogP contribution >= 0.6 is 0 Å². The topological polar surface area (TPSA) is 234 Å². The minimum atomic E-state index is -4.76. The Hall–Kier alpha value is -10.5. The van der Waals surface area contributed by atoms with Gasteiger partial charge >= 0.3 is 19.0 Å². The molecular formula is C71H63F6N18O2+. The van der Waals surface area contributed by atoms with Gasteiger partial charge in [-0.05, 0) is 192 Å². The summed E-state index contributed by atoms with van der Waals surface area (Å²) in [5, 5.41) is 54.4. The van der Waals surface area contributed by atoms with Crippen LogP contribution in [0.2, 0.25) is 0 Å². The largest absolute Gasteiger partial charge is 0.416 e. The summed E-state index contributed by atoms with van der Waals surface area (Å²) in [6.07, 6.45) is -0.414. The average Bonchev–Trinajstić information content (AvgIpc) is 1.67. The number of benzene rings is 4.